The Hall–Kier alpha value is -5.72. The van der Waals surface area contributed by atoms with Gasteiger partial charge in [0.1, 0.15) is 0 Å². The fraction of sp³-hybridized carbons (Fsp3) is 0.200. The third kappa shape index (κ3) is 4.16. The van der Waals surface area contributed by atoms with Crippen molar-refractivity contribution in [3.63, 3.8) is 0 Å². The number of carbonyl (C=O) groups is 2. The van der Waals surface area contributed by atoms with Gasteiger partial charge in [0.25, 0.3) is 5.91 Å². The summed E-state index contributed by atoms with van der Waals surface area (Å²) in [7, 11) is 0. The first kappa shape index (κ1) is 26.2. The number of piperazine rings is 1. The monoisotopic (exact) mass is 577 g/mol. The van der Waals surface area contributed by atoms with Gasteiger partial charge in [0.2, 0.25) is 11.8 Å². The van der Waals surface area contributed by atoms with Gasteiger partial charge >= 0.3 is 5.97 Å². The van der Waals surface area contributed by atoms with E-state index < -0.39 is 11.5 Å². The number of benzene rings is 2. The maximum absolute atomic E-state index is 14.5. The minimum atomic E-state index is -1.29. The molecule has 216 valence electrons. The number of fused-ring (bicyclic) bond motifs is 3. The second-order valence-corrected chi connectivity index (χ2v) is 10.5. The number of nitrogen functional groups attached to an aromatic ring is 1. The molecule has 13 nitrogen and oxygen atoms in total. The number of anilines is 2. The summed E-state index contributed by atoms with van der Waals surface area (Å²) in [5, 5.41) is 19.4. The number of para-hydroxylation sites is 1. The number of amides is 1. The fourth-order valence-electron chi connectivity index (χ4n) is 5.73. The van der Waals surface area contributed by atoms with Crippen LogP contribution in [0.5, 0.6) is 0 Å². The van der Waals surface area contributed by atoms with Crippen molar-refractivity contribution < 1.29 is 19.1 Å². The molecule has 3 N–H and O–H groups in total. The SMILES string of the molecule is CC(C(=O)N1CCN(c2ccccc2C(=O)O)CC1)(c1ccccc1)n1ncc2c1nc(N)n1nc(-c3ccco3)nc21. The van der Waals surface area contributed by atoms with Gasteiger partial charge in [-0.1, -0.05) is 42.5 Å². The molecule has 0 aliphatic carbocycles. The van der Waals surface area contributed by atoms with Crippen molar-refractivity contribution in [2.45, 2.75) is 12.5 Å². The van der Waals surface area contributed by atoms with Crippen molar-refractivity contribution in [3.05, 3.63) is 90.3 Å². The lowest BCUT2D eigenvalue weighted by atomic mass is 9.90. The number of carboxylic acid groups (broad SMARTS) is 1. The zero-order valence-corrected chi connectivity index (χ0v) is 23.2. The summed E-state index contributed by atoms with van der Waals surface area (Å²) in [5.41, 5.74) is 7.49. The van der Waals surface area contributed by atoms with Crippen molar-refractivity contribution in [2.75, 3.05) is 36.8 Å². The van der Waals surface area contributed by atoms with Crippen LogP contribution in [0.3, 0.4) is 0 Å². The van der Waals surface area contributed by atoms with E-state index in [9.17, 15) is 14.7 Å². The summed E-state index contributed by atoms with van der Waals surface area (Å²) in [4.78, 5) is 39.4. The van der Waals surface area contributed by atoms with Crippen LogP contribution in [0.4, 0.5) is 11.6 Å². The van der Waals surface area contributed by atoms with Crippen LogP contribution in [0.15, 0.2) is 83.6 Å². The second-order valence-electron chi connectivity index (χ2n) is 10.5. The Bertz CT molecular complexity index is 1980. The van der Waals surface area contributed by atoms with Crippen LogP contribution >= 0.6 is 0 Å². The number of hydrogen-bond acceptors (Lipinski definition) is 9. The number of nitrogens with two attached hydrogens (primary N) is 1. The molecule has 7 rings (SSSR count). The number of furan rings is 1. The van der Waals surface area contributed by atoms with E-state index in [1.807, 2.05) is 48.2 Å². The molecule has 2 aromatic carbocycles. The molecule has 1 fully saturated rings. The number of rotatable bonds is 6. The van der Waals surface area contributed by atoms with Gasteiger partial charge in [-0.3, -0.25) is 4.79 Å². The molecule has 13 heteroatoms. The number of carbonyl (C=O) groups excluding carboxylic acids is 1. The molecular formula is C30H27N9O4. The van der Waals surface area contributed by atoms with Crippen LogP contribution in [0, 0.1) is 0 Å². The van der Waals surface area contributed by atoms with Gasteiger partial charge in [-0.2, -0.15) is 14.6 Å². The zero-order chi connectivity index (χ0) is 29.7. The molecule has 1 amide bonds. The van der Waals surface area contributed by atoms with Gasteiger partial charge in [0.15, 0.2) is 22.6 Å². The third-order valence-electron chi connectivity index (χ3n) is 7.99. The lowest BCUT2D eigenvalue weighted by molar-refractivity contribution is -0.138. The highest BCUT2D eigenvalue weighted by Crippen LogP contribution is 2.34. The van der Waals surface area contributed by atoms with E-state index in [1.165, 1.54) is 10.8 Å². The molecule has 1 aliphatic heterocycles. The lowest BCUT2D eigenvalue weighted by Gasteiger charge is -2.41. The first-order valence-electron chi connectivity index (χ1n) is 13.7. The Kier molecular flexibility index (Phi) is 6.08. The number of carboxylic acids is 1. The van der Waals surface area contributed by atoms with Gasteiger partial charge in [-0.05, 0) is 36.8 Å². The van der Waals surface area contributed by atoms with Crippen molar-refractivity contribution in [3.8, 4) is 11.6 Å². The van der Waals surface area contributed by atoms with E-state index >= 15 is 0 Å². The third-order valence-corrected chi connectivity index (χ3v) is 7.99. The Morgan fingerprint density at radius 2 is 1.67 bits per heavy atom. The summed E-state index contributed by atoms with van der Waals surface area (Å²) in [5.74, 6) is -0.238. The van der Waals surface area contributed by atoms with E-state index in [-0.39, 0.29) is 17.4 Å². The Labute approximate surface area is 244 Å². The van der Waals surface area contributed by atoms with Crippen LogP contribution in [0.25, 0.3) is 28.3 Å². The lowest BCUT2D eigenvalue weighted by Crippen LogP contribution is -2.56. The van der Waals surface area contributed by atoms with Crippen LogP contribution in [-0.2, 0) is 10.3 Å². The minimum absolute atomic E-state index is 0.0862. The molecule has 6 aromatic rings. The number of aromatic carboxylic acids is 1. The van der Waals surface area contributed by atoms with E-state index in [2.05, 4.69) is 20.2 Å². The summed E-state index contributed by atoms with van der Waals surface area (Å²) in [6, 6.07) is 19.8. The highest BCUT2D eigenvalue weighted by Gasteiger charge is 2.43. The normalized spacial score (nSPS) is 15.2. The Morgan fingerprint density at radius 1 is 0.930 bits per heavy atom. The van der Waals surface area contributed by atoms with Gasteiger partial charge in [0.05, 0.1) is 29.1 Å². The van der Waals surface area contributed by atoms with Gasteiger partial charge < -0.3 is 25.1 Å². The molecular weight excluding hydrogens is 550 g/mol. The molecule has 1 saturated heterocycles. The summed E-state index contributed by atoms with van der Waals surface area (Å²) in [6.45, 7) is 3.56. The predicted octanol–water partition coefficient (Wildman–Crippen LogP) is 3.13. The zero-order valence-electron chi connectivity index (χ0n) is 23.2. The molecule has 0 radical (unpaired) electrons. The van der Waals surface area contributed by atoms with Gasteiger partial charge in [-0.25, -0.2) is 14.5 Å². The van der Waals surface area contributed by atoms with Crippen molar-refractivity contribution in [2.24, 2.45) is 0 Å². The van der Waals surface area contributed by atoms with Crippen LogP contribution in [0.2, 0.25) is 0 Å². The molecule has 43 heavy (non-hydrogen) atoms. The number of aromatic nitrogens is 6. The first-order valence-corrected chi connectivity index (χ1v) is 13.7. The smallest absolute Gasteiger partial charge is 0.337 e. The van der Waals surface area contributed by atoms with Crippen molar-refractivity contribution in [1.29, 1.82) is 0 Å². The largest absolute Gasteiger partial charge is 0.478 e. The predicted molar refractivity (Wildman–Crippen MR) is 158 cm³/mol. The maximum Gasteiger partial charge on any atom is 0.337 e. The average molecular weight is 578 g/mol. The minimum Gasteiger partial charge on any atom is -0.478 e. The van der Waals surface area contributed by atoms with E-state index in [0.717, 1.165) is 5.56 Å². The molecule has 1 unspecified atom stereocenters. The highest BCUT2D eigenvalue weighted by molar-refractivity contribution is 5.95. The quantitative estimate of drug-likeness (QED) is 0.301. The van der Waals surface area contributed by atoms with E-state index in [0.29, 0.717) is 60.1 Å². The number of hydrogen-bond donors (Lipinski definition) is 2. The maximum atomic E-state index is 14.5. The molecule has 1 atom stereocenters. The fourth-order valence-corrected chi connectivity index (χ4v) is 5.73. The van der Waals surface area contributed by atoms with E-state index in [1.54, 1.807) is 46.1 Å². The van der Waals surface area contributed by atoms with Crippen LogP contribution in [-0.4, -0.2) is 77.4 Å². The topological polar surface area (TPSA) is 161 Å². The Morgan fingerprint density at radius 3 is 2.40 bits per heavy atom. The Balaban J connectivity index is 1.28. The molecule has 0 saturated carbocycles. The molecule has 1 aliphatic rings. The molecule has 0 spiro atoms. The standard InChI is InChI=1S/C30H27N9O4/c1-30(19-8-3-2-4-9-19,28(42)37-15-13-36(14-16-37)22-11-6-5-10-20(22)27(40)41)39-26-21(18-32-39)25-33-24(23-12-7-17-43-23)35-38(25)29(31)34-26/h2-12,17-18H,13-16H2,1H3,(H2,31,34)(H,40,41). The second kappa shape index (κ2) is 9.98. The molecule has 5 heterocycles. The summed E-state index contributed by atoms with van der Waals surface area (Å²) >= 11 is 0. The molecule has 0 bridgehead atoms. The first-order chi connectivity index (χ1) is 20.9. The van der Waals surface area contributed by atoms with Crippen LogP contribution < -0.4 is 10.6 Å². The molecule has 4 aromatic heterocycles. The van der Waals surface area contributed by atoms with Crippen molar-refractivity contribution in [1.82, 2.24) is 34.3 Å². The summed E-state index contributed by atoms with van der Waals surface area (Å²) < 4.78 is 8.50. The van der Waals surface area contributed by atoms with Crippen LogP contribution in [0.1, 0.15) is 22.8 Å². The van der Waals surface area contributed by atoms with Crippen molar-refractivity contribution >= 4 is 40.2 Å². The summed E-state index contributed by atoms with van der Waals surface area (Å²) in [6.07, 6.45) is 3.16. The van der Waals surface area contributed by atoms with E-state index in [4.69, 9.17) is 10.2 Å². The average Bonchev–Trinajstić information content (AvgIpc) is 3.81. The number of nitrogens with zero attached hydrogens (tertiary/aromatic N) is 8. The van der Waals surface area contributed by atoms with Gasteiger partial charge in [-0.15, -0.1) is 5.10 Å². The van der Waals surface area contributed by atoms with Gasteiger partial charge in [0, 0.05) is 26.2 Å². The highest BCUT2D eigenvalue weighted by atomic mass is 16.4.